The number of carbonyl (C=O) groups excluding carboxylic acids is 6. The van der Waals surface area contributed by atoms with Gasteiger partial charge in [0.15, 0.2) is 11.5 Å². The number of rotatable bonds is 29. The molecule has 3 unspecified atom stereocenters. The number of carbonyl (C=O) groups is 6. The fourth-order valence-electron chi connectivity index (χ4n) is 11.0. The van der Waals surface area contributed by atoms with Crippen LogP contribution in [0.2, 0.25) is 0 Å². The van der Waals surface area contributed by atoms with E-state index in [1.807, 2.05) is 6.92 Å². The van der Waals surface area contributed by atoms with Crippen molar-refractivity contribution in [1.29, 1.82) is 0 Å². The number of ether oxygens (including phenoxy) is 5. The largest absolute Gasteiger partial charge is 0.494 e. The Labute approximate surface area is 591 Å². The third-order valence-electron chi connectivity index (χ3n) is 16.1. The van der Waals surface area contributed by atoms with Gasteiger partial charge in [-0.05, 0) is 172 Å². The van der Waals surface area contributed by atoms with Crippen LogP contribution in [0.4, 0.5) is 25.8 Å². The van der Waals surface area contributed by atoms with E-state index in [2.05, 4.69) is 10.6 Å². The van der Waals surface area contributed by atoms with Crippen LogP contribution < -0.4 is 48.2 Å². The van der Waals surface area contributed by atoms with Gasteiger partial charge in [0.1, 0.15) is 60.9 Å². The summed E-state index contributed by atoms with van der Waals surface area (Å²) in [6.07, 6.45) is 0.283. The Kier molecular flexibility index (Phi) is 25.9. The number of anilines is 3. The number of primary amides is 1. The number of nitrogens with zero attached hydrogens (tertiary/aromatic N) is 4. The zero-order valence-electron chi connectivity index (χ0n) is 56.7. The van der Waals surface area contributed by atoms with Gasteiger partial charge in [0.25, 0.3) is 30.1 Å². The molecule has 29 heteroatoms. The molecule has 24 nitrogen and oxygen atoms in total. The number of methoxy groups -OCH3 is 2. The highest BCUT2D eigenvalue weighted by Gasteiger charge is 2.45. The van der Waals surface area contributed by atoms with Gasteiger partial charge in [-0.1, -0.05) is 92.2 Å². The number of benzene rings is 8. The quantitative estimate of drug-likeness (QED) is 0.0290. The van der Waals surface area contributed by atoms with E-state index < -0.39 is 127 Å². The molecular formula is C73H77F2N7O17S3. The van der Waals surface area contributed by atoms with Crippen molar-refractivity contribution < 1.29 is 86.5 Å². The van der Waals surface area contributed by atoms with Crippen LogP contribution in [0.3, 0.4) is 0 Å². The van der Waals surface area contributed by atoms with Gasteiger partial charge in [-0.15, -0.1) is 0 Å². The molecule has 1 aliphatic heterocycles. The van der Waals surface area contributed by atoms with Crippen LogP contribution in [0.15, 0.2) is 215 Å². The van der Waals surface area contributed by atoms with Gasteiger partial charge in [0.05, 0.1) is 65.2 Å². The standard InChI is InChI=1S/C49H53FN4O12S2.C24H24FN3O5S/c1-7-65-38-21-23-39(24-22-38)67(59,60)53(36-17-13-33(4)14-18-36)31-46(56)54-41(34-11-9-8-10-12-34)26-27-42(54)48(57)66-49(58)47(32(2)3)51-45(55)30-52(37-19-15-35(50)16-20-37)68(61,62)40-25-28-43(63-5)44(29-40)64-6;1-2-33-20-12-14-21(15-13-20)34(31,32)28(19-10-8-18(25)9-11-19)16-22(29)27-23(24(26)30)17-6-4-3-5-7-17/h8-25,28-29,32,41-42,47H,7,26-27,30-31H2,1-6H3,(H,51,55);3-15,23H,2,16H2,1H3,(H2,26,30)(H,27,29)/t41?,42?,47-;/m0./s1. The minimum absolute atomic E-state index is 0.0346. The highest BCUT2D eigenvalue weighted by molar-refractivity contribution is 7.93. The molecule has 0 radical (unpaired) electrons. The number of likely N-dealkylation sites (tertiary alicyclic amines) is 1. The predicted octanol–water partition coefficient (Wildman–Crippen LogP) is 9.35. The van der Waals surface area contributed by atoms with E-state index in [1.165, 1.54) is 110 Å². The van der Waals surface area contributed by atoms with E-state index >= 15 is 0 Å². The van der Waals surface area contributed by atoms with E-state index in [0.717, 1.165) is 42.7 Å². The Hall–Kier alpha value is -10.9. The zero-order chi connectivity index (χ0) is 74.1. The average molecular weight is 1460 g/mol. The van der Waals surface area contributed by atoms with Crippen molar-refractivity contribution in [2.45, 2.75) is 86.3 Å². The molecule has 538 valence electrons. The number of halogens is 2. The second-order valence-electron chi connectivity index (χ2n) is 23.3. The molecule has 4 amide bonds. The lowest BCUT2D eigenvalue weighted by molar-refractivity contribution is -0.167. The number of sulfonamides is 3. The maximum Gasteiger partial charge on any atom is 0.336 e. The molecule has 1 saturated heterocycles. The van der Waals surface area contributed by atoms with Crippen molar-refractivity contribution in [2.75, 3.05) is 60.0 Å². The number of hydrogen-bond donors (Lipinski definition) is 3. The van der Waals surface area contributed by atoms with Gasteiger partial charge >= 0.3 is 11.9 Å². The van der Waals surface area contributed by atoms with Gasteiger partial charge in [-0.2, -0.15) is 0 Å². The second kappa shape index (κ2) is 34.4. The summed E-state index contributed by atoms with van der Waals surface area (Å²) in [6, 6.07) is 43.3. The number of nitrogens with two attached hydrogens (primary N) is 1. The van der Waals surface area contributed by atoms with Crippen LogP contribution in [0, 0.1) is 24.5 Å². The minimum Gasteiger partial charge on any atom is -0.494 e. The summed E-state index contributed by atoms with van der Waals surface area (Å²) in [5, 5.41) is 4.98. The Morgan fingerprint density at radius 1 is 0.539 bits per heavy atom. The fourth-order valence-corrected chi connectivity index (χ4v) is 15.2. The summed E-state index contributed by atoms with van der Waals surface area (Å²) < 4.78 is 141. The first-order valence-electron chi connectivity index (χ1n) is 32.0. The monoisotopic (exact) mass is 1460 g/mol. The van der Waals surface area contributed by atoms with E-state index in [1.54, 1.807) is 113 Å². The van der Waals surface area contributed by atoms with Crippen molar-refractivity contribution in [1.82, 2.24) is 15.5 Å². The van der Waals surface area contributed by atoms with Crippen LogP contribution in [0.5, 0.6) is 23.0 Å². The third kappa shape index (κ3) is 18.9. The Bertz CT molecular complexity index is 4590. The van der Waals surface area contributed by atoms with Crippen molar-refractivity contribution >= 4 is 82.7 Å². The number of esters is 2. The van der Waals surface area contributed by atoms with Gasteiger partial charge < -0.3 is 45.0 Å². The smallest absolute Gasteiger partial charge is 0.336 e. The molecule has 1 heterocycles. The molecule has 102 heavy (non-hydrogen) atoms. The molecule has 0 bridgehead atoms. The van der Waals surface area contributed by atoms with Crippen molar-refractivity contribution in [2.24, 2.45) is 11.7 Å². The minimum atomic E-state index is -4.57. The molecule has 1 aliphatic rings. The first kappa shape index (κ1) is 76.8. The van der Waals surface area contributed by atoms with E-state index in [9.17, 15) is 62.8 Å². The Morgan fingerprint density at radius 2 is 0.971 bits per heavy atom. The molecule has 1 fully saturated rings. The zero-order valence-corrected chi connectivity index (χ0v) is 59.1. The number of nitrogens with one attached hydrogen (secondary N) is 2. The van der Waals surface area contributed by atoms with Crippen LogP contribution in [-0.4, -0.2) is 125 Å². The number of amides is 4. The molecule has 9 rings (SSSR count). The van der Waals surface area contributed by atoms with Crippen molar-refractivity contribution in [3.8, 4) is 23.0 Å². The molecule has 0 aromatic heterocycles. The van der Waals surface area contributed by atoms with Gasteiger partial charge in [-0.25, -0.2) is 43.6 Å². The summed E-state index contributed by atoms with van der Waals surface area (Å²) in [6.45, 7) is 7.03. The summed E-state index contributed by atoms with van der Waals surface area (Å²) in [4.78, 5) is 82.3. The maximum absolute atomic E-state index is 14.7. The molecule has 4 N–H and O–H groups in total. The number of aryl methyl sites for hydroxylation is 1. The predicted molar refractivity (Wildman–Crippen MR) is 376 cm³/mol. The summed E-state index contributed by atoms with van der Waals surface area (Å²) >= 11 is 0. The van der Waals surface area contributed by atoms with Crippen molar-refractivity contribution in [3.05, 3.63) is 229 Å². The number of hydrogen-bond acceptors (Lipinski definition) is 17. The lowest BCUT2D eigenvalue weighted by atomic mass is 10.0. The molecule has 0 saturated carbocycles. The van der Waals surface area contributed by atoms with Crippen LogP contribution in [-0.2, 0) is 63.6 Å². The Balaban J connectivity index is 0.000000324. The normalized spacial score (nSPS) is 14.2. The summed E-state index contributed by atoms with van der Waals surface area (Å²) in [5.74, 6) is -6.31. The Morgan fingerprint density at radius 3 is 1.42 bits per heavy atom. The average Bonchev–Trinajstić information content (AvgIpc) is 1.26. The third-order valence-corrected chi connectivity index (χ3v) is 21.4. The molecular weight excluding hydrogens is 1380 g/mol. The van der Waals surface area contributed by atoms with Crippen LogP contribution >= 0.6 is 0 Å². The molecule has 8 aromatic carbocycles. The highest BCUT2D eigenvalue weighted by atomic mass is 32.2. The first-order valence-corrected chi connectivity index (χ1v) is 36.3. The summed E-state index contributed by atoms with van der Waals surface area (Å²) in [5.41, 5.74) is 7.57. The highest BCUT2D eigenvalue weighted by Crippen LogP contribution is 2.39. The topological polar surface area (TPSA) is 314 Å². The molecule has 4 atom stereocenters. The van der Waals surface area contributed by atoms with Crippen LogP contribution in [0.25, 0.3) is 0 Å². The van der Waals surface area contributed by atoms with E-state index in [-0.39, 0.29) is 56.1 Å². The lowest BCUT2D eigenvalue weighted by Crippen LogP contribution is -2.52. The maximum atomic E-state index is 14.7. The lowest BCUT2D eigenvalue weighted by Gasteiger charge is -2.33. The van der Waals surface area contributed by atoms with Gasteiger partial charge in [0, 0.05) is 6.07 Å². The fraction of sp³-hybridized carbons (Fsp3) is 0.260. The molecule has 8 aromatic rings. The van der Waals surface area contributed by atoms with Crippen molar-refractivity contribution in [3.63, 3.8) is 0 Å². The van der Waals surface area contributed by atoms with E-state index in [4.69, 9.17) is 29.4 Å². The SMILES string of the molecule is CCOc1ccc(S(=O)(=O)N(CC(=O)N2C(C(=O)OC(=O)[C@@H](NC(=O)CN(c3ccc(F)cc3)S(=O)(=O)c3ccc(OC)c(OC)c3)C(C)C)CCC2c2ccccc2)c2ccc(C)cc2)cc1.CCOc1ccc(S(=O)(=O)N(CC(=O)NC(C(N)=O)c2ccccc2)c2ccc(F)cc2)cc1. The van der Waals surface area contributed by atoms with Gasteiger partial charge in [0.2, 0.25) is 23.6 Å². The molecule has 0 aliphatic carbocycles. The molecule has 0 spiro atoms. The first-order chi connectivity index (χ1) is 48.6. The van der Waals surface area contributed by atoms with E-state index in [0.29, 0.717) is 35.8 Å². The summed E-state index contributed by atoms with van der Waals surface area (Å²) in [7, 11) is -10.5. The van der Waals surface area contributed by atoms with Gasteiger partial charge in [-0.3, -0.25) is 32.1 Å². The van der Waals surface area contributed by atoms with Crippen LogP contribution in [0.1, 0.15) is 69.3 Å². The second-order valence-corrected chi connectivity index (χ2v) is 28.9.